The lowest BCUT2D eigenvalue weighted by atomic mass is 9.94. The summed E-state index contributed by atoms with van der Waals surface area (Å²) in [7, 11) is 1.98. The van der Waals surface area contributed by atoms with Crippen molar-refractivity contribution in [1.29, 1.82) is 0 Å². The molecule has 0 spiro atoms. The highest BCUT2D eigenvalue weighted by Gasteiger charge is 2.40. The van der Waals surface area contributed by atoms with Crippen molar-refractivity contribution in [3.05, 3.63) is 69.8 Å². The summed E-state index contributed by atoms with van der Waals surface area (Å²) in [4.78, 5) is 54.3. The monoisotopic (exact) mass is 444 g/mol. The number of fused-ring (bicyclic) bond motifs is 2. The molecular weight excluding hydrogens is 415 g/mol. The third-order valence-electron chi connectivity index (χ3n) is 6.99. The molecule has 0 aromatic heterocycles. The van der Waals surface area contributed by atoms with Crippen molar-refractivity contribution in [2.75, 3.05) is 0 Å². The van der Waals surface area contributed by atoms with E-state index in [1.54, 1.807) is 24.3 Å². The van der Waals surface area contributed by atoms with E-state index in [2.05, 4.69) is 0 Å². The Labute approximate surface area is 195 Å². The van der Waals surface area contributed by atoms with Crippen molar-refractivity contribution in [2.45, 2.75) is 64.9 Å². The van der Waals surface area contributed by atoms with Gasteiger partial charge in [0, 0.05) is 12.1 Å². The topological polar surface area (TPSA) is 74.8 Å². The maximum Gasteiger partial charge on any atom is 0.261 e. The maximum atomic E-state index is 13.0. The first-order chi connectivity index (χ1) is 15.9. The van der Waals surface area contributed by atoms with Crippen molar-refractivity contribution in [3.8, 4) is 0 Å². The van der Waals surface area contributed by atoms with Crippen molar-refractivity contribution in [2.24, 2.45) is 0 Å². The van der Waals surface area contributed by atoms with Crippen LogP contribution >= 0.6 is 0 Å². The van der Waals surface area contributed by atoms with E-state index < -0.39 is 0 Å². The van der Waals surface area contributed by atoms with Crippen LogP contribution < -0.4 is 0 Å². The summed E-state index contributed by atoms with van der Waals surface area (Å²) in [6.07, 6.45) is 3.41. The van der Waals surface area contributed by atoms with Crippen LogP contribution in [0.15, 0.2) is 36.4 Å². The molecule has 2 heterocycles. The second-order valence-electron chi connectivity index (χ2n) is 8.84. The second-order valence-corrected chi connectivity index (χ2v) is 8.84. The van der Waals surface area contributed by atoms with E-state index in [9.17, 15) is 19.2 Å². The average molecular weight is 444 g/mol. The average Bonchev–Trinajstić information content (AvgIpc) is 3.21. The first-order valence-electron chi connectivity index (χ1n) is 11.9. The fourth-order valence-electron chi connectivity index (χ4n) is 5.04. The van der Waals surface area contributed by atoms with E-state index in [4.69, 9.17) is 0 Å². The summed E-state index contributed by atoms with van der Waals surface area (Å²) >= 11 is 0. The van der Waals surface area contributed by atoms with Gasteiger partial charge in [-0.2, -0.15) is 0 Å². The molecule has 0 fully saturated rings. The molecule has 0 N–H and O–H groups in total. The van der Waals surface area contributed by atoms with Crippen molar-refractivity contribution < 1.29 is 19.2 Å². The number of amides is 4. The first-order valence-corrected chi connectivity index (χ1v) is 11.9. The van der Waals surface area contributed by atoms with E-state index in [0.29, 0.717) is 28.7 Å². The third-order valence-corrected chi connectivity index (χ3v) is 6.99. The SMILES string of the molecule is BCC(CC)N1C(=O)c2ccc(Cc3ccc4c(c3)C(=O)N(C(CC)CC)C4=O)cc2C1=O. The summed E-state index contributed by atoms with van der Waals surface area (Å²) < 4.78 is 0. The lowest BCUT2D eigenvalue weighted by Gasteiger charge is -2.23. The molecule has 0 bridgehead atoms. The summed E-state index contributed by atoms with van der Waals surface area (Å²) in [5, 5.41) is 0. The van der Waals surface area contributed by atoms with Gasteiger partial charge >= 0.3 is 0 Å². The van der Waals surface area contributed by atoms with Crippen LogP contribution in [-0.2, 0) is 6.42 Å². The minimum absolute atomic E-state index is 0.0980. The zero-order valence-electron chi connectivity index (χ0n) is 19.7. The molecule has 2 aliphatic rings. The third kappa shape index (κ3) is 3.69. The van der Waals surface area contributed by atoms with Crippen LogP contribution in [0.25, 0.3) is 0 Å². The largest absolute Gasteiger partial charge is 0.272 e. The summed E-state index contributed by atoms with van der Waals surface area (Å²) in [6.45, 7) is 5.94. The first kappa shape index (κ1) is 23.0. The molecule has 2 aromatic carbocycles. The molecule has 4 amide bonds. The summed E-state index contributed by atoms with van der Waals surface area (Å²) in [6, 6.07) is 10.5. The van der Waals surface area contributed by atoms with E-state index in [-0.39, 0.29) is 35.7 Å². The van der Waals surface area contributed by atoms with E-state index in [1.807, 2.05) is 40.8 Å². The highest BCUT2D eigenvalue weighted by atomic mass is 16.2. The number of hydrogen-bond acceptors (Lipinski definition) is 4. The van der Waals surface area contributed by atoms with Crippen molar-refractivity contribution in [1.82, 2.24) is 9.80 Å². The Morgan fingerprint density at radius 1 is 0.636 bits per heavy atom. The summed E-state index contributed by atoms with van der Waals surface area (Å²) in [5.74, 6) is -0.918. The maximum absolute atomic E-state index is 13.0. The van der Waals surface area contributed by atoms with Crippen LogP contribution in [0.3, 0.4) is 0 Å². The molecule has 0 radical (unpaired) electrons. The van der Waals surface area contributed by atoms with Gasteiger partial charge in [0.25, 0.3) is 23.6 Å². The second kappa shape index (κ2) is 8.97. The predicted octanol–water partition coefficient (Wildman–Crippen LogP) is 3.49. The molecule has 0 aliphatic carbocycles. The zero-order chi connectivity index (χ0) is 23.9. The molecule has 6 nitrogen and oxygen atoms in total. The normalized spacial score (nSPS) is 16.1. The van der Waals surface area contributed by atoms with E-state index in [1.165, 1.54) is 9.80 Å². The molecule has 0 saturated carbocycles. The Morgan fingerprint density at radius 3 is 1.42 bits per heavy atom. The minimum atomic E-state index is -0.235. The van der Waals surface area contributed by atoms with Crippen molar-refractivity contribution in [3.63, 3.8) is 0 Å². The van der Waals surface area contributed by atoms with Gasteiger partial charge in [0.1, 0.15) is 7.85 Å². The number of rotatable bonds is 8. The fourth-order valence-corrected chi connectivity index (χ4v) is 5.04. The lowest BCUT2D eigenvalue weighted by molar-refractivity contribution is 0.0566. The van der Waals surface area contributed by atoms with Crippen LogP contribution in [0, 0.1) is 0 Å². The van der Waals surface area contributed by atoms with Gasteiger partial charge in [0.2, 0.25) is 0 Å². The molecule has 170 valence electrons. The van der Waals surface area contributed by atoms with Crippen LogP contribution in [0.1, 0.15) is 92.6 Å². The quantitative estimate of drug-likeness (QED) is 0.462. The van der Waals surface area contributed by atoms with Gasteiger partial charge in [-0.05, 0) is 61.1 Å². The number of carbonyl (C=O) groups excluding carboxylic acids is 4. The number of benzene rings is 2. The number of imide groups is 2. The highest BCUT2D eigenvalue weighted by Crippen LogP contribution is 2.30. The Balaban J connectivity index is 1.60. The van der Waals surface area contributed by atoms with Gasteiger partial charge in [-0.15, -0.1) is 0 Å². The fraction of sp³-hybridized carbons (Fsp3) is 0.385. The Hall–Kier alpha value is -3.22. The minimum Gasteiger partial charge on any atom is -0.272 e. The van der Waals surface area contributed by atoms with Crippen molar-refractivity contribution >= 4 is 31.5 Å². The highest BCUT2D eigenvalue weighted by molar-refractivity contribution is 6.22. The van der Waals surface area contributed by atoms with Gasteiger partial charge < -0.3 is 0 Å². The Kier molecular flexibility index (Phi) is 6.24. The van der Waals surface area contributed by atoms with Crippen LogP contribution in [0.5, 0.6) is 0 Å². The molecule has 7 heteroatoms. The van der Waals surface area contributed by atoms with Gasteiger partial charge in [-0.1, -0.05) is 39.2 Å². The number of hydrogen-bond donors (Lipinski definition) is 0. The molecule has 4 rings (SSSR count). The smallest absolute Gasteiger partial charge is 0.261 e. The molecule has 1 atom stereocenters. The number of carbonyl (C=O) groups is 4. The van der Waals surface area contributed by atoms with Gasteiger partial charge in [-0.25, -0.2) is 0 Å². The predicted molar refractivity (Wildman–Crippen MR) is 128 cm³/mol. The Morgan fingerprint density at radius 2 is 1.03 bits per heavy atom. The van der Waals surface area contributed by atoms with Gasteiger partial charge in [-0.3, -0.25) is 29.0 Å². The molecule has 1 unspecified atom stereocenters. The molecule has 2 aromatic rings. The number of nitrogens with zero attached hydrogens (tertiary/aromatic N) is 2. The molecule has 2 aliphatic heterocycles. The van der Waals surface area contributed by atoms with E-state index in [0.717, 1.165) is 36.7 Å². The molecular formula is C26H29BN2O4. The van der Waals surface area contributed by atoms with Crippen LogP contribution in [0.4, 0.5) is 0 Å². The van der Waals surface area contributed by atoms with Gasteiger partial charge in [0.05, 0.1) is 22.3 Å². The summed E-state index contributed by atoms with van der Waals surface area (Å²) in [5.41, 5.74) is 3.55. The standard InChI is InChI=1S/C26H29BN2O4/c1-4-17(5-2)28-23(30)19-9-7-15(12-21(19)25(28)32)11-16-8-10-20-22(13-16)26(33)29(24(20)31)18(6-3)14-27/h7-10,12-13,17-18H,4-6,11,14,27H2,1-3H3. The lowest BCUT2D eigenvalue weighted by Crippen LogP contribution is -2.39. The Bertz CT molecular complexity index is 1060. The van der Waals surface area contributed by atoms with E-state index >= 15 is 0 Å². The molecule has 0 saturated heterocycles. The molecule has 33 heavy (non-hydrogen) atoms. The van der Waals surface area contributed by atoms with Crippen LogP contribution in [0.2, 0.25) is 6.32 Å². The zero-order valence-corrected chi connectivity index (χ0v) is 19.7. The van der Waals surface area contributed by atoms with Gasteiger partial charge in [0.15, 0.2) is 0 Å². The van der Waals surface area contributed by atoms with Crippen LogP contribution in [-0.4, -0.2) is 53.4 Å².